The molecule has 0 bridgehead atoms. The molecule has 5 rings (SSSR count). The Morgan fingerprint density at radius 2 is 1.63 bits per heavy atom. The predicted molar refractivity (Wildman–Crippen MR) is 167 cm³/mol. The Hall–Kier alpha value is -5.25. The summed E-state index contributed by atoms with van der Waals surface area (Å²) in [5.41, 5.74) is 5.45. The van der Waals surface area contributed by atoms with Gasteiger partial charge in [-0.05, 0) is 60.4 Å². The van der Waals surface area contributed by atoms with Crippen LogP contribution in [0.2, 0.25) is 0 Å². The van der Waals surface area contributed by atoms with E-state index in [1.54, 1.807) is 42.3 Å². The number of hydrogen-bond acceptors (Lipinski definition) is 5. The summed E-state index contributed by atoms with van der Waals surface area (Å²) < 4.78 is 5.08. The van der Waals surface area contributed by atoms with Gasteiger partial charge in [-0.15, -0.1) is 0 Å². The van der Waals surface area contributed by atoms with Crippen LogP contribution in [-0.4, -0.2) is 41.8 Å². The van der Waals surface area contributed by atoms with Gasteiger partial charge in [-0.3, -0.25) is 19.1 Å². The number of imidazole rings is 1. The smallest absolute Gasteiger partial charge is 0.270 e. The van der Waals surface area contributed by atoms with Crippen LogP contribution in [0, 0.1) is 0 Å². The van der Waals surface area contributed by atoms with Crippen molar-refractivity contribution in [2.24, 2.45) is 14.1 Å². The molecule has 0 saturated heterocycles. The van der Waals surface area contributed by atoms with Crippen molar-refractivity contribution in [3.05, 3.63) is 113 Å². The van der Waals surface area contributed by atoms with E-state index >= 15 is 0 Å². The molecule has 10 heteroatoms. The first kappa shape index (κ1) is 29.2. The normalized spacial score (nSPS) is 12.6. The SMILES string of the molecule is CC(c1cccc(-c2ccc(=O)n(C(C)C)c2)c1)C(NC(=O)c1ccnn1C)C(=O)Nc1ccc(-c2cncn2C)cc1. The number of anilines is 1. The van der Waals surface area contributed by atoms with E-state index in [1.807, 2.05) is 87.1 Å². The quantitative estimate of drug-likeness (QED) is 0.262. The molecule has 0 fully saturated rings. The largest absolute Gasteiger partial charge is 0.338 e. The molecule has 2 aromatic carbocycles. The van der Waals surface area contributed by atoms with Crippen LogP contribution >= 0.6 is 0 Å². The van der Waals surface area contributed by atoms with E-state index < -0.39 is 17.9 Å². The molecule has 2 unspecified atom stereocenters. The lowest BCUT2D eigenvalue weighted by Gasteiger charge is -2.25. The maximum absolute atomic E-state index is 13.8. The van der Waals surface area contributed by atoms with E-state index in [0.717, 1.165) is 27.9 Å². The zero-order valence-electron chi connectivity index (χ0n) is 24.9. The summed E-state index contributed by atoms with van der Waals surface area (Å²) in [6.07, 6.45) is 6.90. The Labute approximate surface area is 250 Å². The van der Waals surface area contributed by atoms with Crippen LogP contribution in [0.1, 0.15) is 48.8 Å². The highest BCUT2D eigenvalue weighted by Crippen LogP contribution is 2.27. The van der Waals surface area contributed by atoms with E-state index in [0.29, 0.717) is 11.4 Å². The summed E-state index contributed by atoms with van der Waals surface area (Å²) in [6, 6.07) is 19.4. The van der Waals surface area contributed by atoms with Gasteiger partial charge in [-0.2, -0.15) is 5.10 Å². The third-order valence-electron chi connectivity index (χ3n) is 7.63. The number of nitrogens with one attached hydrogen (secondary N) is 2. The Kier molecular flexibility index (Phi) is 8.38. The first-order chi connectivity index (χ1) is 20.6. The molecule has 220 valence electrons. The van der Waals surface area contributed by atoms with Crippen LogP contribution in [0.4, 0.5) is 5.69 Å². The van der Waals surface area contributed by atoms with Gasteiger partial charge in [0.05, 0.1) is 18.2 Å². The zero-order valence-corrected chi connectivity index (χ0v) is 24.9. The zero-order chi connectivity index (χ0) is 30.7. The molecule has 2 amide bonds. The number of hydrogen-bond donors (Lipinski definition) is 2. The molecule has 3 aromatic heterocycles. The Morgan fingerprint density at radius 1 is 0.884 bits per heavy atom. The molecule has 0 aliphatic rings. The summed E-state index contributed by atoms with van der Waals surface area (Å²) in [4.78, 5) is 43.6. The highest BCUT2D eigenvalue weighted by Gasteiger charge is 2.29. The molecule has 0 radical (unpaired) electrons. The Bertz CT molecular complexity index is 1810. The van der Waals surface area contributed by atoms with Crippen LogP contribution in [0.3, 0.4) is 0 Å². The topological polar surface area (TPSA) is 116 Å². The van der Waals surface area contributed by atoms with Gasteiger partial charge >= 0.3 is 0 Å². The molecule has 0 saturated carbocycles. The number of carbonyl (C=O) groups is 2. The third-order valence-corrected chi connectivity index (χ3v) is 7.63. The summed E-state index contributed by atoms with van der Waals surface area (Å²) in [5.74, 6) is -1.16. The number of aromatic nitrogens is 5. The minimum Gasteiger partial charge on any atom is -0.338 e. The van der Waals surface area contributed by atoms with Crippen LogP contribution < -0.4 is 16.2 Å². The minimum absolute atomic E-state index is 0.0167. The van der Waals surface area contributed by atoms with Gasteiger partial charge in [0, 0.05) is 50.2 Å². The molecule has 2 N–H and O–H groups in total. The van der Waals surface area contributed by atoms with E-state index in [2.05, 4.69) is 20.7 Å². The van der Waals surface area contributed by atoms with Gasteiger partial charge < -0.3 is 19.8 Å². The standard InChI is InChI=1S/C33H35N7O3/c1-21(2)40-19-26(11-14-30(40)41)25-8-6-7-24(17-25)22(3)31(37-32(42)28-15-16-35-39(28)5)33(43)36-27-12-9-23(10-13-27)29-18-34-20-38(29)4/h6-22,31H,1-5H3,(H,36,43)(H,37,42). The fraction of sp³-hybridized carbons (Fsp3) is 0.242. The average molecular weight is 578 g/mol. The van der Waals surface area contributed by atoms with Crippen molar-refractivity contribution in [3.63, 3.8) is 0 Å². The lowest BCUT2D eigenvalue weighted by Crippen LogP contribution is -2.47. The molecule has 5 aromatic rings. The summed E-state index contributed by atoms with van der Waals surface area (Å²) in [6.45, 7) is 5.84. The molecular formula is C33H35N7O3. The second-order valence-corrected chi connectivity index (χ2v) is 10.9. The molecule has 43 heavy (non-hydrogen) atoms. The molecule has 3 heterocycles. The van der Waals surface area contributed by atoms with Gasteiger partial charge in [0.15, 0.2) is 0 Å². The number of nitrogens with zero attached hydrogens (tertiary/aromatic N) is 5. The number of carbonyl (C=O) groups excluding carboxylic acids is 2. The second kappa shape index (κ2) is 12.3. The van der Waals surface area contributed by atoms with E-state index in [1.165, 1.54) is 10.9 Å². The fourth-order valence-corrected chi connectivity index (χ4v) is 5.08. The first-order valence-electron chi connectivity index (χ1n) is 14.1. The van der Waals surface area contributed by atoms with Gasteiger partial charge in [0.2, 0.25) is 5.91 Å². The fourth-order valence-electron chi connectivity index (χ4n) is 5.08. The number of rotatable bonds is 9. The Morgan fingerprint density at radius 3 is 2.28 bits per heavy atom. The molecule has 2 atom stereocenters. The average Bonchev–Trinajstić information content (AvgIpc) is 3.63. The Balaban J connectivity index is 1.44. The van der Waals surface area contributed by atoms with Crippen molar-refractivity contribution in [1.82, 2.24) is 29.2 Å². The maximum Gasteiger partial charge on any atom is 0.270 e. The van der Waals surface area contributed by atoms with Crippen molar-refractivity contribution in [3.8, 4) is 22.4 Å². The molecule has 0 aliphatic carbocycles. The molecular weight excluding hydrogens is 542 g/mol. The summed E-state index contributed by atoms with van der Waals surface area (Å²) in [5, 5.41) is 10.0. The summed E-state index contributed by atoms with van der Waals surface area (Å²) >= 11 is 0. The highest BCUT2D eigenvalue weighted by molar-refractivity contribution is 6.01. The number of pyridine rings is 1. The van der Waals surface area contributed by atoms with Crippen molar-refractivity contribution >= 4 is 17.5 Å². The summed E-state index contributed by atoms with van der Waals surface area (Å²) in [7, 11) is 3.60. The number of amides is 2. The van der Waals surface area contributed by atoms with E-state index in [-0.39, 0.29) is 17.5 Å². The van der Waals surface area contributed by atoms with Gasteiger partial charge in [0.25, 0.3) is 11.5 Å². The molecule has 0 spiro atoms. The van der Waals surface area contributed by atoms with Crippen molar-refractivity contribution in [2.75, 3.05) is 5.32 Å². The number of aryl methyl sites for hydroxylation is 2. The van der Waals surface area contributed by atoms with Gasteiger partial charge in [-0.1, -0.05) is 43.3 Å². The van der Waals surface area contributed by atoms with E-state index in [4.69, 9.17) is 0 Å². The lowest BCUT2D eigenvalue weighted by molar-refractivity contribution is -0.118. The second-order valence-electron chi connectivity index (χ2n) is 10.9. The molecule has 0 aliphatic heterocycles. The van der Waals surface area contributed by atoms with Crippen molar-refractivity contribution in [1.29, 1.82) is 0 Å². The number of benzene rings is 2. The van der Waals surface area contributed by atoms with E-state index in [9.17, 15) is 14.4 Å². The predicted octanol–water partition coefficient (Wildman–Crippen LogP) is 4.77. The van der Waals surface area contributed by atoms with Crippen molar-refractivity contribution < 1.29 is 9.59 Å². The van der Waals surface area contributed by atoms with Crippen LogP contribution in [0.5, 0.6) is 0 Å². The third kappa shape index (κ3) is 6.33. The lowest BCUT2D eigenvalue weighted by atomic mass is 9.90. The maximum atomic E-state index is 13.8. The van der Waals surface area contributed by atoms with Crippen LogP contribution in [0.25, 0.3) is 22.4 Å². The van der Waals surface area contributed by atoms with Gasteiger partial charge in [0.1, 0.15) is 11.7 Å². The highest BCUT2D eigenvalue weighted by atomic mass is 16.2. The van der Waals surface area contributed by atoms with Crippen LogP contribution in [-0.2, 0) is 18.9 Å². The monoisotopic (exact) mass is 577 g/mol. The van der Waals surface area contributed by atoms with Crippen LogP contribution in [0.15, 0.2) is 96.4 Å². The van der Waals surface area contributed by atoms with Gasteiger partial charge in [-0.25, -0.2) is 4.98 Å². The minimum atomic E-state index is -0.904. The molecule has 10 nitrogen and oxygen atoms in total. The van der Waals surface area contributed by atoms with Crippen molar-refractivity contribution in [2.45, 2.75) is 38.8 Å². The first-order valence-corrected chi connectivity index (χ1v) is 14.1.